The normalized spacial score (nSPS) is 10.6. The van der Waals surface area contributed by atoms with Gasteiger partial charge in [-0.05, 0) is 52.7 Å². The maximum absolute atomic E-state index is 11.9. The highest BCUT2D eigenvalue weighted by Crippen LogP contribution is 2.23. The molecule has 1 amide bonds. The summed E-state index contributed by atoms with van der Waals surface area (Å²) in [7, 11) is 1.52. The van der Waals surface area contributed by atoms with Gasteiger partial charge in [-0.3, -0.25) is 4.79 Å². The molecule has 2 aromatic rings. The second-order valence-corrected chi connectivity index (χ2v) is 6.29. The smallest absolute Gasteiger partial charge is 0.278 e. The average Bonchev–Trinajstić information content (AvgIpc) is 2.63. The predicted molar refractivity (Wildman–Crippen MR) is 101 cm³/mol. The van der Waals surface area contributed by atoms with Crippen molar-refractivity contribution < 1.29 is 19.4 Å². The maximum Gasteiger partial charge on any atom is 0.278 e. The number of hydrogen-bond acceptors (Lipinski definition) is 7. The van der Waals surface area contributed by atoms with Crippen LogP contribution in [0.25, 0.3) is 0 Å². The molecule has 0 saturated heterocycles. The molecule has 0 aliphatic rings. The molecule has 1 aromatic carbocycles. The number of pyridine rings is 1. The van der Waals surface area contributed by atoms with Gasteiger partial charge in [-0.2, -0.15) is 10.4 Å². The lowest BCUT2D eigenvalue weighted by Crippen LogP contribution is -2.25. The minimum atomic E-state index is -0.510. The van der Waals surface area contributed by atoms with Crippen molar-refractivity contribution >= 4 is 28.1 Å². The van der Waals surface area contributed by atoms with E-state index in [2.05, 4.69) is 31.4 Å². The number of hydrazone groups is 1. The van der Waals surface area contributed by atoms with Gasteiger partial charge in [0.05, 0.1) is 17.3 Å². The lowest BCUT2D eigenvalue weighted by molar-refractivity contribution is -0.123. The first-order valence-corrected chi connectivity index (χ1v) is 8.56. The Morgan fingerprint density at radius 3 is 2.93 bits per heavy atom. The Morgan fingerprint density at radius 1 is 1.48 bits per heavy atom. The number of nitrogens with zero attached hydrogens (tertiary/aromatic N) is 3. The van der Waals surface area contributed by atoms with Crippen LogP contribution in [0.2, 0.25) is 0 Å². The van der Waals surface area contributed by atoms with Crippen LogP contribution in [0, 0.1) is 18.3 Å². The van der Waals surface area contributed by atoms with Gasteiger partial charge >= 0.3 is 0 Å². The van der Waals surface area contributed by atoms with E-state index in [9.17, 15) is 15.2 Å². The summed E-state index contributed by atoms with van der Waals surface area (Å²) >= 11 is 3.19. The molecular formula is C18H17BrN4O4. The molecule has 0 radical (unpaired) electrons. The van der Waals surface area contributed by atoms with Crippen LogP contribution in [-0.2, 0) is 16.1 Å². The number of halogens is 1. The first-order chi connectivity index (χ1) is 12.9. The van der Waals surface area contributed by atoms with Crippen LogP contribution in [-0.4, -0.2) is 35.9 Å². The second kappa shape index (κ2) is 9.66. The Kier molecular flexibility index (Phi) is 7.28. The van der Waals surface area contributed by atoms with E-state index in [4.69, 9.17) is 9.47 Å². The van der Waals surface area contributed by atoms with Gasteiger partial charge in [-0.1, -0.05) is 0 Å². The molecule has 0 fully saturated rings. The second-order valence-electron chi connectivity index (χ2n) is 5.44. The highest BCUT2D eigenvalue weighted by molar-refractivity contribution is 9.10. The number of aryl methyl sites for hydroxylation is 1. The van der Waals surface area contributed by atoms with Crippen molar-refractivity contribution in [3.63, 3.8) is 0 Å². The predicted octanol–water partition coefficient (Wildman–Crippen LogP) is 2.41. The maximum atomic E-state index is 11.9. The number of methoxy groups -OCH3 is 1. The zero-order chi connectivity index (χ0) is 19.8. The third kappa shape index (κ3) is 5.77. The van der Waals surface area contributed by atoms with Gasteiger partial charge in [0.15, 0.2) is 6.61 Å². The fourth-order valence-corrected chi connectivity index (χ4v) is 2.55. The molecule has 2 rings (SSSR count). The lowest BCUT2D eigenvalue weighted by Gasteiger charge is -2.10. The first kappa shape index (κ1) is 20.4. The minimum absolute atomic E-state index is 0.0751. The highest BCUT2D eigenvalue weighted by atomic mass is 79.9. The van der Waals surface area contributed by atoms with E-state index in [-0.39, 0.29) is 30.4 Å². The largest absolute Gasteiger partial charge is 0.507 e. The van der Waals surface area contributed by atoms with Gasteiger partial charge in [0.2, 0.25) is 5.88 Å². The summed E-state index contributed by atoms with van der Waals surface area (Å²) in [6.45, 7) is 1.64. The highest BCUT2D eigenvalue weighted by Gasteiger charge is 2.14. The molecule has 0 aliphatic heterocycles. The molecular weight excluding hydrogens is 416 g/mol. The Morgan fingerprint density at radius 2 is 2.26 bits per heavy atom. The molecule has 27 heavy (non-hydrogen) atoms. The van der Waals surface area contributed by atoms with E-state index < -0.39 is 5.91 Å². The quantitative estimate of drug-likeness (QED) is 0.512. The summed E-state index contributed by atoms with van der Waals surface area (Å²) < 4.78 is 11.0. The van der Waals surface area contributed by atoms with Crippen LogP contribution >= 0.6 is 15.9 Å². The van der Waals surface area contributed by atoms with Crippen LogP contribution in [0.15, 0.2) is 33.8 Å². The van der Waals surface area contributed by atoms with Crippen molar-refractivity contribution in [3.05, 3.63) is 51.1 Å². The number of ether oxygens (including phenoxy) is 2. The molecule has 1 heterocycles. The number of benzene rings is 1. The molecule has 0 spiro atoms. The van der Waals surface area contributed by atoms with Crippen molar-refractivity contribution in [3.8, 4) is 17.7 Å². The summed E-state index contributed by atoms with van der Waals surface area (Å²) in [4.78, 5) is 16.0. The standard InChI is InChI=1S/C18H17BrN4O4/c1-11-5-13(9-26-2)14(7-20)18(22-11)27-10-17(25)23-21-8-12-3-4-16(24)15(19)6-12/h3-6,8,24H,9-10H2,1-2H3,(H,23,25)/b21-8+. The summed E-state index contributed by atoms with van der Waals surface area (Å²) in [6, 6.07) is 8.54. The number of nitriles is 1. The topological polar surface area (TPSA) is 117 Å². The fraction of sp³-hybridized carbons (Fsp3) is 0.222. The van der Waals surface area contributed by atoms with Gasteiger partial charge in [-0.15, -0.1) is 0 Å². The van der Waals surface area contributed by atoms with E-state index in [0.29, 0.717) is 21.3 Å². The van der Waals surface area contributed by atoms with Gasteiger partial charge in [0, 0.05) is 18.4 Å². The minimum Gasteiger partial charge on any atom is -0.507 e. The monoisotopic (exact) mass is 432 g/mol. The van der Waals surface area contributed by atoms with Crippen LogP contribution in [0.4, 0.5) is 0 Å². The third-order valence-corrected chi connectivity index (χ3v) is 3.96. The van der Waals surface area contributed by atoms with Gasteiger partial charge in [0.25, 0.3) is 5.91 Å². The van der Waals surface area contributed by atoms with E-state index in [1.54, 1.807) is 25.1 Å². The SMILES string of the molecule is COCc1cc(C)nc(OCC(=O)N/N=C/c2ccc(O)c(Br)c2)c1C#N. The summed E-state index contributed by atoms with van der Waals surface area (Å²) in [6.07, 6.45) is 1.42. The Balaban J connectivity index is 1.98. The number of nitrogens with one attached hydrogen (secondary N) is 1. The fourth-order valence-electron chi connectivity index (χ4n) is 2.15. The van der Waals surface area contributed by atoms with Gasteiger partial charge in [-0.25, -0.2) is 10.4 Å². The molecule has 0 bridgehead atoms. The van der Waals surface area contributed by atoms with E-state index in [0.717, 1.165) is 0 Å². The number of phenolic OH excluding ortho intramolecular Hbond substituents is 1. The van der Waals surface area contributed by atoms with E-state index >= 15 is 0 Å². The number of hydrogen-bond donors (Lipinski definition) is 2. The number of amides is 1. The number of carbonyl (C=O) groups excluding carboxylic acids is 1. The Labute approximate surface area is 164 Å². The van der Waals surface area contributed by atoms with Crippen LogP contribution in [0.1, 0.15) is 22.4 Å². The average molecular weight is 433 g/mol. The van der Waals surface area contributed by atoms with Crippen molar-refractivity contribution in [1.82, 2.24) is 10.4 Å². The molecule has 0 saturated carbocycles. The number of rotatable bonds is 7. The van der Waals surface area contributed by atoms with Gasteiger partial charge < -0.3 is 14.6 Å². The van der Waals surface area contributed by atoms with Crippen LogP contribution in [0.5, 0.6) is 11.6 Å². The van der Waals surface area contributed by atoms with Crippen molar-refractivity contribution in [2.45, 2.75) is 13.5 Å². The van der Waals surface area contributed by atoms with Crippen molar-refractivity contribution in [1.29, 1.82) is 5.26 Å². The van der Waals surface area contributed by atoms with Crippen LogP contribution in [0.3, 0.4) is 0 Å². The molecule has 140 valence electrons. The summed E-state index contributed by atoms with van der Waals surface area (Å²) in [5.41, 5.74) is 4.51. The van der Waals surface area contributed by atoms with Crippen molar-refractivity contribution in [2.24, 2.45) is 5.10 Å². The first-order valence-electron chi connectivity index (χ1n) is 7.77. The molecule has 0 unspecified atom stereocenters. The van der Waals surface area contributed by atoms with E-state index in [1.165, 1.54) is 19.4 Å². The number of phenols is 1. The van der Waals surface area contributed by atoms with E-state index in [1.807, 2.05) is 6.07 Å². The lowest BCUT2D eigenvalue weighted by atomic mass is 10.1. The molecule has 2 N–H and O–H groups in total. The number of aromatic nitrogens is 1. The Bertz CT molecular complexity index is 909. The van der Waals surface area contributed by atoms with Crippen LogP contribution < -0.4 is 10.2 Å². The summed E-state index contributed by atoms with van der Waals surface area (Å²) in [5.74, 6) is -0.327. The Hall–Kier alpha value is -2.96. The molecule has 0 atom stereocenters. The summed E-state index contributed by atoms with van der Waals surface area (Å²) in [5, 5.41) is 22.6. The van der Waals surface area contributed by atoms with Crippen molar-refractivity contribution in [2.75, 3.05) is 13.7 Å². The molecule has 9 heteroatoms. The zero-order valence-corrected chi connectivity index (χ0v) is 16.3. The molecule has 8 nitrogen and oxygen atoms in total. The van der Waals surface area contributed by atoms with Gasteiger partial charge in [0.1, 0.15) is 17.4 Å². The zero-order valence-electron chi connectivity index (χ0n) is 14.7. The number of aromatic hydroxyl groups is 1. The molecule has 0 aliphatic carbocycles. The molecule has 1 aromatic heterocycles. The number of carbonyl (C=O) groups is 1. The third-order valence-electron chi connectivity index (χ3n) is 3.32.